The van der Waals surface area contributed by atoms with Crippen LogP contribution in [0.1, 0.15) is 5.56 Å². The maximum absolute atomic E-state index is 12.7. The fourth-order valence-electron chi connectivity index (χ4n) is 2.67. The lowest BCUT2D eigenvalue weighted by atomic mass is 10.2. The molecule has 0 radical (unpaired) electrons. The molecule has 0 saturated heterocycles. The zero-order valence-electron chi connectivity index (χ0n) is 15.2. The molecule has 3 aromatic rings. The molecule has 7 nitrogen and oxygen atoms in total. The van der Waals surface area contributed by atoms with Gasteiger partial charge in [0.25, 0.3) is 5.56 Å². The van der Waals surface area contributed by atoms with Gasteiger partial charge in [0, 0.05) is 22.7 Å². The molecule has 0 saturated carbocycles. The molecule has 0 bridgehead atoms. The molecule has 1 heterocycles. The maximum atomic E-state index is 12.7. The molecule has 3 rings (SSSR count). The fourth-order valence-corrected chi connectivity index (χ4v) is 3.14. The van der Waals surface area contributed by atoms with E-state index in [0.717, 1.165) is 5.56 Å². The third-order valence-corrected chi connectivity index (χ3v) is 4.72. The quantitative estimate of drug-likeness (QED) is 0.661. The number of nitrogens with zero attached hydrogens (tertiary/aromatic N) is 2. The van der Waals surface area contributed by atoms with Gasteiger partial charge in [-0.15, -0.1) is 0 Å². The number of hydrogen-bond donors (Lipinski definition) is 1. The summed E-state index contributed by atoms with van der Waals surface area (Å²) in [6.45, 7) is 0.0386. The molecular weight excluding hydrogens is 405 g/mol. The van der Waals surface area contributed by atoms with E-state index < -0.39 is 0 Å². The van der Waals surface area contributed by atoms with Gasteiger partial charge in [-0.3, -0.25) is 14.2 Å². The second-order valence-electron chi connectivity index (χ2n) is 5.91. The largest absolute Gasteiger partial charge is 0.493 e. The fraction of sp³-hybridized carbons (Fsp3) is 0.211. The van der Waals surface area contributed by atoms with Crippen LogP contribution in [0.25, 0.3) is 10.9 Å². The van der Waals surface area contributed by atoms with E-state index in [1.54, 1.807) is 30.3 Å². The van der Waals surface area contributed by atoms with Crippen LogP contribution in [0.4, 0.5) is 0 Å². The summed E-state index contributed by atoms with van der Waals surface area (Å²) in [5.41, 5.74) is 0.818. The van der Waals surface area contributed by atoms with Crippen molar-refractivity contribution in [2.75, 3.05) is 14.2 Å². The second kappa shape index (κ2) is 8.50. The number of aromatic nitrogens is 2. The Hall–Kier alpha value is -2.77. The lowest BCUT2D eigenvalue weighted by Gasteiger charge is -2.11. The molecule has 0 atom stereocenters. The van der Waals surface area contributed by atoms with Crippen LogP contribution in [0.15, 0.2) is 41.5 Å². The van der Waals surface area contributed by atoms with Crippen LogP contribution < -0.4 is 20.3 Å². The van der Waals surface area contributed by atoms with Crippen molar-refractivity contribution in [1.29, 1.82) is 0 Å². The number of halogens is 2. The summed E-state index contributed by atoms with van der Waals surface area (Å²) in [6.07, 6.45) is 1.32. The van der Waals surface area contributed by atoms with Crippen LogP contribution in [-0.4, -0.2) is 29.7 Å². The Labute approximate surface area is 170 Å². The summed E-state index contributed by atoms with van der Waals surface area (Å²) >= 11 is 12.0. The standard InChI is InChI=1S/C19H17Cl2N3O4/c1-27-16-6-13-15(7-17(16)28-2)23-10-24(19(13)26)9-18(25)22-8-11-3-4-12(20)5-14(11)21/h3-7,10H,8-9H2,1-2H3,(H,22,25). The molecule has 28 heavy (non-hydrogen) atoms. The van der Waals surface area contributed by atoms with Gasteiger partial charge in [-0.25, -0.2) is 4.98 Å². The zero-order valence-corrected chi connectivity index (χ0v) is 16.7. The van der Waals surface area contributed by atoms with Gasteiger partial charge in [0.05, 0.1) is 31.4 Å². The average Bonchev–Trinajstić information content (AvgIpc) is 2.68. The molecule has 0 spiro atoms. The molecule has 1 N–H and O–H groups in total. The van der Waals surface area contributed by atoms with Crippen LogP contribution in [0.2, 0.25) is 10.0 Å². The predicted octanol–water partition coefficient (Wildman–Crippen LogP) is 3.04. The molecule has 146 valence electrons. The Morgan fingerprint density at radius 2 is 1.86 bits per heavy atom. The summed E-state index contributed by atoms with van der Waals surface area (Å²) in [5, 5.41) is 4.02. The van der Waals surface area contributed by atoms with E-state index in [1.807, 2.05) is 0 Å². The Kier molecular flexibility index (Phi) is 6.06. The van der Waals surface area contributed by atoms with Crippen molar-refractivity contribution in [2.45, 2.75) is 13.1 Å². The van der Waals surface area contributed by atoms with Crippen molar-refractivity contribution >= 4 is 40.0 Å². The topological polar surface area (TPSA) is 82.5 Å². The van der Waals surface area contributed by atoms with E-state index >= 15 is 0 Å². The van der Waals surface area contributed by atoms with Gasteiger partial charge < -0.3 is 14.8 Å². The van der Waals surface area contributed by atoms with E-state index in [0.29, 0.717) is 32.4 Å². The lowest BCUT2D eigenvalue weighted by Crippen LogP contribution is -2.32. The minimum atomic E-state index is -0.356. The van der Waals surface area contributed by atoms with Crippen LogP contribution in [0.3, 0.4) is 0 Å². The summed E-state index contributed by atoms with van der Waals surface area (Å²) in [4.78, 5) is 29.2. The van der Waals surface area contributed by atoms with Crippen LogP contribution >= 0.6 is 23.2 Å². The Morgan fingerprint density at radius 1 is 1.14 bits per heavy atom. The number of nitrogens with one attached hydrogen (secondary N) is 1. The predicted molar refractivity (Wildman–Crippen MR) is 107 cm³/mol. The molecule has 0 aliphatic rings. The second-order valence-corrected chi connectivity index (χ2v) is 6.76. The molecule has 1 amide bonds. The average molecular weight is 422 g/mol. The van der Waals surface area contributed by atoms with Crippen molar-refractivity contribution < 1.29 is 14.3 Å². The molecule has 9 heteroatoms. The summed E-state index contributed by atoms with van der Waals surface area (Å²) in [7, 11) is 2.98. The van der Waals surface area contributed by atoms with Gasteiger partial charge in [0.15, 0.2) is 11.5 Å². The Bertz CT molecular complexity index is 1100. The number of ether oxygens (including phenoxy) is 2. The first-order valence-electron chi connectivity index (χ1n) is 8.24. The molecule has 0 unspecified atom stereocenters. The van der Waals surface area contributed by atoms with E-state index in [-0.39, 0.29) is 24.6 Å². The summed E-state index contributed by atoms with van der Waals surface area (Å²) in [5.74, 6) is 0.528. The van der Waals surface area contributed by atoms with E-state index in [4.69, 9.17) is 32.7 Å². The van der Waals surface area contributed by atoms with Crippen LogP contribution in [0.5, 0.6) is 11.5 Å². The number of hydrogen-bond acceptors (Lipinski definition) is 5. The number of rotatable bonds is 6. The van der Waals surface area contributed by atoms with Crippen molar-refractivity contribution in [3.8, 4) is 11.5 Å². The summed E-state index contributed by atoms with van der Waals surface area (Å²) < 4.78 is 11.7. The van der Waals surface area contributed by atoms with Gasteiger partial charge >= 0.3 is 0 Å². The third kappa shape index (κ3) is 4.21. The SMILES string of the molecule is COc1cc2ncn(CC(=O)NCc3ccc(Cl)cc3Cl)c(=O)c2cc1OC. The number of benzene rings is 2. The molecular formula is C19H17Cl2N3O4. The Balaban J connectivity index is 1.78. The molecule has 1 aromatic heterocycles. The number of carbonyl (C=O) groups excluding carboxylic acids is 1. The van der Waals surface area contributed by atoms with E-state index in [2.05, 4.69) is 10.3 Å². The lowest BCUT2D eigenvalue weighted by molar-refractivity contribution is -0.121. The minimum Gasteiger partial charge on any atom is -0.493 e. The molecule has 0 aliphatic carbocycles. The van der Waals surface area contributed by atoms with Gasteiger partial charge in [0.2, 0.25) is 5.91 Å². The van der Waals surface area contributed by atoms with Crippen molar-refractivity contribution in [3.63, 3.8) is 0 Å². The monoisotopic (exact) mass is 421 g/mol. The van der Waals surface area contributed by atoms with Crippen molar-refractivity contribution in [1.82, 2.24) is 14.9 Å². The molecule has 2 aromatic carbocycles. The highest BCUT2D eigenvalue weighted by Gasteiger charge is 2.13. The normalized spacial score (nSPS) is 10.7. The molecule has 0 aliphatic heterocycles. The number of fused-ring (bicyclic) bond motifs is 1. The number of carbonyl (C=O) groups is 1. The van der Waals surface area contributed by atoms with Crippen LogP contribution in [-0.2, 0) is 17.9 Å². The maximum Gasteiger partial charge on any atom is 0.261 e. The first-order chi connectivity index (χ1) is 13.4. The molecule has 0 fully saturated rings. The van der Waals surface area contributed by atoms with Gasteiger partial charge in [-0.1, -0.05) is 29.3 Å². The van der Waals surface area contributed by atoms with E-state index in [1.165, 1.54) is 25.1 Å². The van der Waals surface area contributed by atoms with Gasteiger partial charge in [-0.05, 0) is 23.8 Å². The number of methoxy groups -OCH3 is 2. The van der Waals surface area contributed by atoms with Gasteiger partial charge in [-0.2, -0.15) is 0 Å². The first kappa shape index (κ1) is 20.0. The first-order valence-corrected chi connectivity index (χ1v) is 9.00. The third-order valence-electron chi connectivity index (χ3n) is 4.13. The van der Waals surface area contributed by atoms with Crippen molar-refractivity contribution in [2.24, 2.45) is 0 Å². The zero-order chi connectivity index (χ0) is 20.3. The highest BCUT2D eigenvalue weighted by molar-refractivity contribution is 6.35. The van der Waals surface area contributed by atoms with Crippen LogP contribution in [0, 0.1) is 0 Å². The smallest absolute Gasteiger partial charge is 0.261 e. The van der Waals surface area contributed by atoms with Crippen molar-refractivity contribution in [3.05, 3.63) is 62.6 Å². The van der Waals surface area contributed by atoms with E-state index in [9.17, 15) is 9.59 Å². The minimum absolute atomic E-state index is 0.179. The summed E-state index contributed by atoms with van der Waals surface area (Å²) in [6, 6.07) is 8.18. The highest BCUT2D eigenvalue weighted by atomic mass is 35.5. The van der Waals surface area contributed by atoms with Gasteiger partial charge in [0.1, 0.15) is 6.54 Å². The Morgan fingerprint density at radius 3 is 2.54 bits per heavy atom. The highest BCUT2D eigenvalue weighted by Crippen LogP contribution is 2.29. The number of amides is 1.